The highest BCUT2D eigenvalue weighted by atomic mass is 32.2. The molecule has 0 aliphatic carbocycles. The molecule has 0 fully saturated rings. The van der Waals surface area contributed by atoms with E-state index in [4.69, 9.17) is 19.7 Å². The zero-order chi connectivity index (χ0) is 32.8. The molecule has 43 heavy (non-hydrogen) atoms. The van der Waals surface area contributed by atoms with Crippen molar-refractivity contribution in [1.29, 1.82) is 0 Å². The van der Waals surface area contributed by atoms with Crippen LogP contribution in [-0.4, -0.2) is 91.6 Å². The van der Waals surface area contributed by atoms with Gasteiger partial charge >= 0.3 is 18.0 Å². The molecule has 0 saturated carbocycles. The number of carboxylic acids is 2. The average molecular weight is 631 g/mol. The van der Waals surface area contributed by atoms with E-state index in [1.165, 1.54) is 31.3 Å². The van der Waals surface area contributed by atoms with Gasteiger partial charge < -0.3 is 35.6 Å². The Labute approximate surface area is 251 Å². The monoisotopic (exact) mass is 630 g/mol. The number of carboxylic acid groups (broad SMARTS) is 2. The topological polar surface area (TPSA) is 227 Å². The molecule has 0 unspecified atom stereocenters. The second kappa shape index (κ2) is 17.3. The Morgan fingerprint density at radius 2 is 1.51 bits per heavy atom. The highest BCUT2D eigenvalue weighted by molar-refractivity contribution is 7.89. The van der Waals surface area contributed by atoms with Crippen molar-refractivity contribution in [3.05, 3.63) is 29.8 Å². The highest BCUT2D eigenvalue weighted by Crippen LogP contribution is 2.16. The fourth-order valence-corrected chi connectivity index (χ4v) is 4.32. The van der Waals surface area contributed by atoms with Crippen LogP contribution in [0.3, 0.4) is 0 Å². The summed E-state index contributed by atoms with van der Waals surface area (Å²) in [6.45, 7) is 7.19. The van der Waals surface area contributed by atoms with E-state index >= 15 is 0 Å². The second-order valence-electron chi connectivity index (χ2n) is 10.6. The number of ether oxygens (including phenoxy) is 2. The molecule has 3 amide bonds. The zero-order valence-electron chi connectivity index (χ0n) is 25.0. The lowest BCUT2D eigenvalue weighted by Gasteiger charge is -2.25. The molecule has 2 atom stereocenters. The van der Waals surface area contributed by atoms with Gasteiger partial charge in [0.15, 0.2) is 0 Å². The second-order valence-corrected chi connectivity index (χ2v) is 12.6. The first-order valence-electron chi connectivity index (χ1n) is 13.7. The number of carbonyl (C=O) groups excluding carboxylic acids is 3. The van der Waals surface area contributed by atoms with Gasteiger partial charge in [-0.3, -0.25) is 9.59 Å². The summed E-state index contributed by atoms with van der Waals surface area (Å²) in [5.41, 5.74) is -0.397. The molecule has 1 aromatic rings. The van der Waals surface area contributed by atoms with Crippen LogP contribution in [0.15, 0.2) is 24.3 Å². The Morgan fingerprint density at radius 1 is 0.907 bits per heavy atom. The maximum absolute atomic E-state index is 13.3. The van der Waals surface area contributed by atoms with Gasteiger partial charge in [-0.1, -0.05) is 31.9 Å². The first-order valence-corrected chi connectivity index (χ1v) is 15.3. The summed E-state index contributed by atoms with van der Waals surface area (Å²) in [5.74, 6) is -5.26. The van der Waals surface area contributed by atoms with Gasteiger partial charge in [0.1, 0.15) is 23.4 Å². The molecule has 6 N–H and O–H groups in total. The number of carbonyl (C=O) groups is 5. The summed E-state index contributed by atoms with van der Waals surface area (Å²) < 4.78 is 36.4. The normalized spacial score (nSPS) is 13.0. The largest absolute Gasteiger partial charge is 0.478 e. The quantitative estimate of drug-likeness (QED) is 0.0980. The van der Waals surface area contributed by atoms with E-state index in [-0.39, 0.29) is 18.6 Å². The highest BCUT2D eigenvalue weighted by Gasteiger charge is 2.30. The Kier molecular flexibility index (Phi) is 14.9. The van der Waals surface area contributed by atoms with E-state index in [0.29, 0.717) is 18.5 Å². The molecule has 242 valence electrons. The minimum Gasteiger partial charge on any atom is -0.478 e. The predicted octanol–water partition coefficient (Wildman–Crippen LogP) is 0.770. The smallest absolute Gasteiger partial charge is 0.408 e. The zero-order valence-corrected chi connectivity index (χ0v) is 25.8. The predicted molar refractivity (Wildman–Crippen MR) is 155 cm³/mol. The van der Waals surface area contributed by atoms with E-state index in [0.717, 1.165) is 12.8 Å². The Morgan fingerprint density at radius 3 is 2.02 bits per heavy atom. The maximum atomic E-state index is 13.3. The Balaban J connectivity index is 3.19. The number of hydrogen-bond donors (Lipinski definition) is 6. The summed E-state index contributed by atoms with van der Waals surface area (Å²) in [6, 6.07) is 3.05. The van der Waals surface area contributed by atoms with Crippen LogP contribution in [-0.2, 0) is 40.4 Å². The van der Waals surface area contributed by atoms with E-state index < -0.39 is 69.4 Å². The summed E-state index contributed by atoms with van der Waals surface area (Å²) in [4.78, 5) is 61.1. The lowest BCUT2D eigenvalue weighted by Crippen LogP contribution is -2.55. The van der Waals surface area contributed by atoms with Crippen molar-refractivity contribution in [2.75, 3.05) is 19.3 Å². The molecule has 0 radical (unpaired) electrons. The molecule has 0 bridgehead atoms. The van der Waals surface area contributed by atoms with Crippen molar-refractivity contribution >= 4 is 39.9 Å². The van der Waals surface area contributed by atoms with Gasteiger partial charge in [0.2, 0.25) is 21.8 Å². The Hall–Kier alpha value is -3.92. The Bertz CT molecular complexity index is 1200. The molecule has 0 aliphatic heterocycles. The van der Waals surface area contributed by atoms with Gasteiger partial charge in [-0.2, -0.15) is 0 Å². The number of benzene rings is 1. The number of aliphatic carboxylic acids is 2. The van der Waals surface area contributed by atoms with Crippen molar-refractivity contribution in [2.24, 2.45) is 0 Å². The standard InChI is InChI=1S/C27H42N4O11S/c1-6-7-8-14-29-22(32)20(16-17-9-11-18(12-10-17)41-21(24(34)35)25(36)37)30-23(33)19(13-15-43(39,40)28-5)31-26(38)42-27(2,3)4/h9-12,19-21,28H,6-8,13-16H2,1-5H3,(H,29,32)(H,30,33)(H,31,38)(H,34,35)(H,36,37)/t19-,20-/m0/s1. The number of alkyl carbamates (subject to hydrolysis) is 1. The van der Waals surface area contributed by atoms with E-state index in [1.807, 2.05) is 6.92 Å². The van der Waals surface area contributed by atoms with Crippen molar-refractivity contribution in [2.45, 2.75) is 83.6 Å². The molecule has 15 nitrogen and oxygen atoms in total. The summed E-state index contributed by atoms with van der Waals surface area (Å²) >= 11 is 0. The first kappa shape index (κ1) is 37.1. The van der Waals surface area contributed by atoms with Gasteiger partial charge in [0.05, 0.1) is 5.75 Å². The van der Waals surface area contributed by atoms with Gasteiger partial charge in [-0.15, -0.1) is 0 Å². The van der Waals surface area contributed by atoms with Crippen LogP contribution < -0.4 is 25.4 Å². The fraction of sp³-hybridized carbons (Fsp3) is 0.593. The molecule has 0 aromatic heterocycles. The molecule has 0 heterocycles. The molecule has 1 rings (SSSR count). The van der Waals surface area contributed by atoms with Gasteiger partial charge in [-0.05, 0) is 58.4 Å². The van der Waals surface area contributed by atoms with Crippen LogP contribution in [0.2, 0.25) is 0 Å². The molecule has 0 aliphatic rings. The number of hydrogen-bond acceptors (Lipinski definition) is 9. The number of sulfonamides is 1. The fourth-order valence-electron chi connectivity index (χ4n) is 3.57. The van der Waals surface area contributed by atoms with Crippen LogP contribution >= 0.6 is 0 Å². The number of nitrogens with one attached hydrogen (secondary N) is 4. The van der Waals surface area contributed by atoms with E-state index in [1.54, 1.807) is 20.8 Å². The van der Waals surface area contributed by atoms with E-state index in [9.17, 15) is 32.4 Å². The third-order valence-corrected chi connectivity index (χ3v) is 7.17. The van der Waals surface area contributed by atoms with Crippen LogP contribution in [0.1, 0.15) is 58.9 Å². The number of rotatable bonds is 18. The van der Waals surface area contributed by atoms with E-state index in [2.05, 4.69) is 20.7 Å². The summed E-state index contributed by atoms with van der Waals surface area (Å²) in [5, 5.41) is 25.7. The summed E-state index contributed by atoms with van der Waals surface area (Å²) in [7, 11) is -2.53. The first-order chi connectivity index (χ1) is 20.0. The van der Waals surface area contributed by atoms with Crippen LogP contribution in [0.25, 0.3) is 0 Å². The lowest BCUT2D eigenvalue weighted by molar-refractivity contribution is -0.159. The third-order valence-electron chi connectivity index (χ3n) is 5.77. The molecule has 16 heteroatoms. The van der Waals surface area contributed by atoms with Gasteiger partial charge in [-0.25, -0.2) is 27.5 Å². The lowest BCUT2D eigenvalue weighted by atomic mass is 10.0. The summed E-state index contributed by atoms with van der Waals surface area (Å²) in [6.07, 6.45) is -0.954. The van der Waals surface area contributed by atoms with Crippen molar-refractivity contribution < 1.29 is 52.1 Å². The van der Waals surface area contributed by atoms with Crippen LogP contribution in [0.5, 0.6) is 5.75 Å². The average Bonchev–Trinajstić information content (AvgIpc) is 2.90. The SMILES string of the molecule is CCCCCNC(=O)[C@H](Cc1ccc(OC(C(=O)O)C(=O)O)cc1)NC(=O)[C@H](CCS(=O)(=O)NC)NC(=O)OC(C)(C)C. The molecule has 0 saturated heterocycles. The minimum absolute atomic E-state index is 0.0458. The van der Waals surface area contributed by atoms with Crippen molar-refractivity contribution in [3.8, 4) is 5.75 Å². The molecule has 1 aromatic carbocycles. The van der Waals surface area contributed by atoms with Crippen LogP contribution in [0.4, 0.5) is 4.79 Å². The molecule has 0 spiro atoms. The van der Waals surface area contributed by atoms with Gasteiger partial charge in [0.25, 0.3) is 6.10 Å². The number of unbranched alkanes of at least 4 members (excludes halogenated alkanes) is 2. The van der Waals surface area contributed by atoms with Crippen LogP contribution in [0, 0.1) is 0 Å². The van der Waals surface area contributed by atoms with Crippen molar-refractivity contribution in [1.82, 2.24) is 20.7 Å². The maximum Gasteiger partial charge on any atom is 0.408 e. The van der Waals surface area contributed by atoms with Crippen molar-refractivity contribution in [3.63, 3.8) is 0 Å². The molecular weight excluding hydrogens is 588 g/mol. The third kappa shape index (κ3) is 14.7. The minimum atomic E-state index is -3.74. The van der Waals surface area contributed by atoms with Gasteiger partial charge in [0, 0.05) is 13.0 Å². The number of amides is 3. The molecular formula is C27H42N4O11S.